The van der Waals surface area contributed by atoms with Gasteiger partial charge in [-0.25, -0.2) is 4.79 Å². The second-order valence-electron chi connectivity index (χ2n) is 6.11. The maximum atomic E-state index is 11.9. The smallest absolute Gasteiger partial charge is 0.319 e. The first-order valence-electron chi connectivity index (χ1n) is 7.19. The molecule has 1 aromatic rings. The number of amides is 3. The third-order valence-corrected chi connectivity index (χ3v) is 2.83. The van der Waals surface area contributed by atoms with Crippen LogP contribution >= 0.6 is 0 Å². The van der Waals surface area contributed by atoms with Gasteiger partial charge in [0.1, 0.15) is 6.04 Å². The highest BCUT2D eigenvalue weighted by molar-refractivity contribution is 5.93. The van der Waals surface area contributed by atoms with Crippen LogP contribution in [0.3, 0.4) is 0 Å². The Bertz CT molecular complexity index is 506. The Balaban J connectivity index is 2.54. The third-order valence-electron chi connectivity index (χ3n) is 2.83. The Morgan fingerprint density at radius 2 is 1.90 bits per heavy atom. The lowest BCUT2D eigenvalue weighted by Gasteiger charge is -2.23. The maximum absolute atomic E-state index is 11.9. The van der Waals surface area contributed by atoms with Crippen molar-refractivity contribution in [3.63, 3.8) is 0 Å². The minimum Gasteiger partial charge on any atom is -0.350 e. The lowest BCUT2D eigenvalue weighted by atomic mass is 10.1. The SMILES string of the molecule is CCc1cccc(NC(=O)N[C@@H](C)C(=O)NC(C)(C)C)c1. The quantitative estimate of drug-likeness (QED) is 0.798. The molecule has 0 unspecified atom stereocenters. The van der Waals surface area contributed by atoms with Crippen molar-refractivity contribution in [1.29, 1.82) is 0 Å². The molecule has 0 bridgehead atoms. The van der Waals surface area contributed by atoms with Gasteiger partial charge < -0.3 is 16.0 Å². The van der Waals surface area contributed by atoms with E-state index in [1.54, 1.807) is 6.92 Å². The Kier molecular flexibility index (Phi) is 5.76. The molecule has 0 saturated carbocycles. The van der Waals surface area contributed by atoms with Gasteiger partial charge in [-0.05, 0) is 51.8 Å². The second-order valence-corrected chi connectivity index (χ2v) is 6.11. The van der Waals surface area contributed by atoms with E-state index in [1.807, 2.05) is 45.0 Å². The molecule has 5 heteroatoms. The number of carbonyl (C=O) groups excluding carboxylic acids is 2. The first-order valence-corrected chi connectivity index (χ1v) is 7.19. The third kappa shape index (κ3) is 6.29. The molecular weight excluding hydrogens is 266 g/mol. The molecule has 0 aliphatic rings. The van der Waals surface area contributed by atoms with Gasteiger partial charge in [-0.2, -0.15) is 0 Å². The maximum Gasteiger partial charge on any atom is 0.319 e. The summed E-state index contributed by atoms with van der Waals surface area (Å²) < 4.78 is 0. The Morgan fingerprint density at radius 1 is 1.24 bits per heavy atom. The fourth-order valence-corrected chi connectivity index (χ4v) is 1.78. The topological polar surface area (TPSA) is 70.2 Å². The molecule has 0 saturated heterocycles. The summed E-state index contributed by atoms with van der Waals surface area (Å²) in [6.07, 6.45) is 0.904. The van der Waals surface area contributed by atoms with Crippen molar-refractivity contribution in [3.8, 4) is 0 Å². The van der Waals surface area contributed by atoms with Crippen molar-refractivity contribution >= 4 is 17.6 Å². The Labute approximate surface area is 126 Å². The van der Waals surface area contributed by atoms with Gasteiger partial charge in [0.25, 0.3) is 0 Å². The van der Waals surface area contributed by atoms with E-state index in [2.05, 4.69) is 22.9 Å². The molecule has 0 fully saturated rings. The Morgan fingerprint density at radius 3 is 2.48 bits per heavy atom. The molecule has 5 nitrogen and oxygen atoms in total. The molecule has 3 N–H and O–H groups in total. The van der Waals surface area contributed by atoms with E-state index in [9.17, 15) is 9.59 Å². The average molecular weight is 291 g/mol. The molecule has 0 radical (unpaired) electrons. The highest BCUT2D eigenvalue weighted by Crippen LogP contribution is 2.10. The van der Waals surface area contributed by atoms with Crippen LogP contribution in [0.2, 0.25) is 0 Å². The molecule has 0 aromatic heterocycles. The van der Waals surface area contributed by atoms with Gasteiger partial charge in [-0.1, -0.05) is 19.1 Å². The van der Waals surface area contributed by atoms with Crippen molar-refractivity contribution in [2.45, 2.75) is 52.6 Å². The van der Waals surface area contributed by atoms with Crippen molar-refractivity contribution < 1.29 is 9.59 Å². The minimum atomic E-state index is -0.599. The highest BCUT2D eigenvalue weighted by Gasteiger charge is 2.20. The van der Waals surface area contributed by atoms with Crippen molar-refractivity contribution in [2.24, 2.45) is 0 Å². The Hall–Kier alpha value is -2.04. The standard InChI is InChI=1S/C16H25N3O2/c1-6-12-8-7-9-13(10-12)18-15(21)17-11(2)14(20)19-16(3,4)5/h7-11H,6H2,1-5H3,(H,19,20)(H2,17,18,21)/t11-/m0/s1. The molecule has 0 spiro atoms. The van der Waals surface area contributed by atoms with Gasteiger partial charge >= 0.3 is 6.03 Å². The van der Waals surface area contributed by atoms with Gasteiger partial charge in [-0.3, -0.25) is 4.79 Å². The van der Waals surface area contributed by atoms with Crippen LogP contribution in [-0.2, 0) is 11.2 Å². The van der Waals surface area contributed by atoms with E-state index in [-0.39, 0.29) is 17.5 Å². The number of urea groups is 1. The second kappa shape index (κ2) is 7.11. The summed E-state index contributed by atoms with van der Waals surface area (Å²) in [6.45, 7) is 9.40. The summed E-state index contributed by atoms with van der Waals surface area (Å²) in [4.78, 5) is 23.8. The van der Waals surface area contributed by atoms with Crippen LogP contribution < -0.4 is 16.0 Å². The number of anilines is 1. The van der Waals surface area contributed by atoms with E-state index in [0.717, 1.165) is 17.7 Å². The summed E-state index contributed by atoms with van der Waals surface area (Å²) in [6, 6.07) is 6.64. The van der Waals surface area contributed by atoms with E-state index >= 15 is 0 Å². The van der Waals surface area contributed by atoms with E-state index in [1.165, 1.54) is 0 Å². The van der Waals surface area contributed by atoms with Crippen LogP contribution in [0.1, 0.15) is 40.2 Å². The van der Waals surface area contributed by atoms with E-state index in [4.69, 9.17) is 0 Å². The number of carbonyl (C=O) groups is 2. The predicted molar refractivity (Wildman–Crippen MR) is 85.3 cm³/mol. The molecule has 116 valence electrons. The number of rotatable bonds is 4. The van der Waals surface area contributed by atoms with Crippen LogP contribution in [0.15, 0.2) is 24.3 Å². The van der Waals surface area contributed by atoms with Gasteiger partial charge in [0.05, 0.1) is 0 Å². The van der Waals surface area contributed by atoms with Gasteiger partial charge in [-0.15, -0.1) is 0 Å². The molecule has 0 aliphatic heterocycles. The first kappa shape index (κ1) is 17.0. The van der Waals surface area contributed by atoms with Crippen molar-refractivity contribution in [2.75, 3.05) is 5.32 Å². The normalized spacial score (nSPS) is 12.4. The van der Waals surface area contributed by atoms with Crippen LogP contribution in [0.25, 0.3) is 0 Å². The molecule has 1 aromatic carbocycles. The average Bonchev–Trinajstić information content (AvgIpc) is 2.36. The van der Waals surface area contributed by atoms with Gasteiger partial charge in [0.2, 0.25) is 5.91 Å². The highest BCUT2D eigenvalue weighted by atomic mass is 16.2. The van der Waals surface area contributed by atoms with E-state index < -0.39 is 6.04 Å². The lowest BCUT2D eigenvalue weighted by molar-refractivity contribution is -0.123. The van der Waals surface area contributed by atoms with Crippen molar-refractivity contribution in [3.05, 3.63) is 29.8 Å². The van der Waals surface area contributed by atoms with Crippen LogP contribution in [0.4, 0.5) is 10.5 Å². The molecule has 0 aliphatic carbocycles. The van der Waals surface area contributed by atoms with Crippen LogP contribution in [0, 0.1) is 0 Å². The zero-order chi connectivity index (χ0) is 16.0. The first-order chi connectivity index (χ1) is 9.71. The van der Waals surface area contributed by atoms with Gasteiger partial charge in [0, 0.05) is 11.2 Å². The molecule has 3 amide bonds. The molecule has 1 atom stereocenters. The van der Waals surface area contributed by atoms with Crippen LogP contribution in [0.5, 0.6) is 0 Å². The lowest BCUT2D eigenvalue weighted by Crippen LogP contribution is -2.51. The molecule has 21 heavy (non-hydrogen) atoms. The number of aryl methyl sites for hydroxylation is 1. The fourth-order valence-electron chi connectivity index (χ4n) is 1.78. The van der Waals surface area contributed by atoms with Crippen molar-refractivity contribution in [1.82, 2.24) is 10.6 Å². The molecular formula is C16H25N3O2. The fraction of sp³-hybridized carbons (Fsp3) is 0.500. The number of hydrogen-bond donors (Lipinski definition) is 3. The number of benzene rings is 1. The summed E-state index contributed by atoms with van der Waals surface area (Å²) >= 11 is 0. The minimum absolute atomic E-state index is 0.208. The monoisotopic (exact) mass is 291 g/mol. The summed E-state index contributed by atoms with van der Waals surface area (Å²) in [5.74, 6) is -0.208. The number of nitrogens with one attached hydrogen (secondary N) is 3. The molecule has 1 rings (SSSR count). The summed E-state index contributed by atoms with van der Waals surface area (Å²) in [7, 11) is 0. The summed E-state index contributed by atoms with van der Waals surface area (Å²) in [5, 5.41) is 8.19. The predicted octanol–water partition coefficient (Wildman–Crippen LogP) is 2.67. The zero-order valence-corrected chi connectivity index (χ0v) is 13.4. The van der Waals surface area contributed by atoms with Crippen LogP contribution in [-0.4, -0.2) is 23.5 Å². The van der Waals surface area contributed by atoms with E-state index in [0.29, 0.717) is 0 Å². The largest absolute Gasteiger partial charge is 0.350 e. The number of hydrogen-bond acceptors (Lipinski definition) is 2. The van der Waals surface area contributed by atoms with Gasteiger partial charge in [0.15, 0.2) is 0 Å². The summed E-state index contributed by atoms with van der Waals surface area (Å²) in [5.41, 5.74) is 1.54. The zero-order valence-electron chi connectivity index (χ0n) is 13.4. The molecule has 0 heterocycles.